The summed E-state index contributed by atoms with van der Waals surface area (Å²) in [6.07, 6.45) is 1.85. The highest BCUT2D eigenvalue weighted by Gasteiger charge is 2.15. The van der Waals surface area contributed by atoms with E-state index < -0.39 is 5.82 Å². The number of halogens is 2. The summed E-state index contributed by atoms with van der Waals surface area (Å²) in [6.45, 7) is 2.07. The maximum absolute atomic E-state index is 13.8. The second kappa shape index (κ2) is 5.02. The highest BCUT2D eigenvalue weighted by atomic mass is 35.5. The molecule has 0 aliphatic carbocycles. The molecule has 2 N–H and O–H groups in total. The van der Waals surface area contributed by atoms with Crippen LogP contribution in [0.1, 0.15) is 18.4 Å². The van der Waals surface area contributed by atoms with Gasteiger partial charge in [-0.25, -0.2) is 9.37 Å². The summed E-state index contributed by atoms with van der Waals surface area (Å²) in [7, 11) is 0. The average Bonchev–Trinajstić information content (AvgIpc) is 2.64. The monoisotopic (exact) mass is 270 g/mol. The number of hydrogen-bond acceptors (Lipinski definition) is 3. The van der Waals surface area contributed by atoms with Gasteiger partial charge in [-0.05, 0) is 25.0 Å². The molecule has 0 radical (unpaired) electrons. The van der Waals surface area contributed by atoms with Crippen molar-refractivity contribution < 1.29 is 4.39 Å². The van der Waals surface area contributed by atoms with E-state index in [1.807, 2.05) is 0 Å². The van der Waals surface area contributed by atoms with Gasteiger partial charge in [-0.1, -0.05) is 24.6 Å². The summed E-state index contributed by atoms with van der Waals surface area (Å²) < 4.78 is 13.8. The molecule has 0 saturated heterocycles. The van der Waals surface area contributed by atoms with Crippen molar-refractivity contribution in [2.75, 3.05) is 5.73 Å². The normalized spacial score (nSPS) is 10.8. The maximum atomic E-state index is 13.8. The fourth-order valence-electron chi connectivity index (χ4n) is 1.58. The zero-order chi connectivity index (χ0) is 12.4. The van der Waals surface area contributed by atoms with Crippen molar-refractivity contribution in [2.45, 2.75) is 19.8 Å². The Labute approximate surface area is 108 Å². The standard InChI is InChI=1S/C12H12ClFN2S/c1-2-4-9-16-11(12(15)17-9)7-5-3-6-8(13)10(7)14/h3,5-6H,2,4,15H2,1H3. The lowest BCUT2D eigenvalue weighted by molar-refractivity contribution is 0.631. The van der Waals surface area contributed by atoms with E-state index in [1.165, 1.54) is 17.4 Å². The molecule has 90 valence electrons. The summed E-state index contributed by atoms with van der Waals surface area (Å²) >= 11 is 7.15. The summed E-state index contributed by atoms with van der Waals surface area (Å²) in [5.41, 5.74) is 6.74. The summed E-state index contributed by atoms with van der Waals surface area (Å²) in [5.74, 6) is -0.464. The molecule has 0 bridgehead atoms. The number of nitrogens with two attached hydrogens (primary N) is 1. The zero-order valence-corrected chi connectivity index (χ0v) is 10.9. The second-order valence-electron chi connectivity index (χ2n) is 3.67. The Morgan fingerprint density at radius 2 is 2.24 bits per heavy atom. The predicted octanol–water partition coefficient (Wildman–Crippen LogP) is 4.14. The van der Waals surface area contributed by atoms with Gasteiger partial charge in [0.1, 0.15) is 10.7 Å². The minimum atomic E-state index is -0.464. The number of rotatable bonds is 3. The molecule has 2 aromatic rings. The van der Waals surface area contributed by atoms with Crippen molar-refractivity contribution in [3.63, 3.8) is 0 Å². The van der Waals surface area contributed by atoms with Gasteiger partial charge in [-0.3, -0.25) is 0 Å². The molecule has 2 nitrogen and oxygen atoms in total. The molecule has 1 heterocycles. The first-order valence-electron chi connectivity index (χ1n) is 5.33. The molecule has 0 saturated carbocycles. The third kappa shape index (κ3) is 2.42. The van der Waals surface area contributed by atoms with Gasteiger partial charge in [0.2, 0.25) is 0 Å². The number of aryl methyl sites for hydroxylation is 1. The molecular formula is C12H12ClFN2S. The lowest BCUT2D eigenvalue weighted by atomic mass is 10.1. The van der Waals surface area contributed by atoms with Gasteiger partial charge >= 0.3 is 0 Å². The van der Waals surface area contributed by atoms with Crippen LogP contribution in [0.2, 0.25) is 5.02 Å². The lowest BCUT2D eigenvalue weighted by Crippen LogP contribution is -1.90. The van der Waals surface area contributed by atoms with E-state index in [1.54, 1.807) is 12.1 Å². The van der Waals surface area contributed by atoms with Crippen LogP contribution in [0.3, 0.4) is 0 Å². The highest BCUT2D eigenvalue weighted by Crippen LogP contribution is 2.34. The Morgan fingerprint density at radius 1 is 1.47 bits per heavy atom. The SMILES string of the molecule is CCCc1nc(-c2cccc(Cl)c2F)c(N)s1. The largest absolute Gasteiger partial charge is 0.389 e. The van der Waals surface area contributed by atoms with E-state index in [-0.39, 0.29) is 5.02 Å². The Kier molecular flexibility index (Phi) is 3.64. The topological polar surface area (TPSA) is 38.9 Å². The van der Waals surface area contributed by atoms with Crippen LogP contribution in [0.15, 0.2) is 18.2 Å². The molecule has 0 unspecified atom stereocenters. The number of anilines is 1. The van der Waals surface area contributed by atoms with E-state index in [9.17, 15) is 4.39 Å². The highest BCUT2D eigenvalue weighted by molar-refractivity contribution is 7.16. The lowest BCUT2D eigenvalue weighted by Gasteiger charge is -2.01. The Morgan fingerprint density at radius 3 is 2.94 bits per heavy atom. The molecule has 0 aliphatic heterocycles. The summed E-state index contributed by atoms with van der Waals surface area (Å²) in [4.78, 5) is 4.37. The van der Waals surface area contributed by atoms with Crippen LogP contribution < -0.4 is 5.73 Å². The third-order valence-corrected chi connectivity index (χ3v) is 3.60. The molecule has 1 aromatic carbocycles. The second-order valence-corrected chi connectivity index (χ2v) is 5.19. The minimum Gasteiger partial charge on any atom is -0.389 e. The van der Waals surface area contributed by atoms with Crippen molar-refractivity contribution >= 4 is 27.9 Å². The van der Waals surface area contributed by atoms with Gasteiger partial charge in [0.15, 0.2) is 5.82 Å². The molecule has 1 aromatic heterocycles. The number of nitrogen functional groups attached to an aromatic ring is 1. The van der Waals surface area contributed by atoms with Gasteiger partial charge < -0.3 is 5.73 Å². The van der Waals surface area contributed by atoms with Gasteiger partial charge in [-0.15, -0.1) is 11.3 Å². The zero-order valence-electron chi connectivity index (χ0n) is 9.34. The molecule has 17 heavy (non-hydrogen) atoms. The third-order valence-electron chi connectivity index (χ3n) is 2.37. The van der Waals surface area contributed by atoms with Crippen molar-refractivity contribution in [3.8, 4) is 11.3 Å². The summed E-state index contributed by atoms with van der Waals surface area (Å²) in [5, 5.41) is 1.56. The molecule has 5 heteroatoms. The quantitative estimate of drug-likeness (QED) is 0.910. The van der Waals surface area contributed by atoms with Crippen LogP contribution in [-0.4, -0.2) is 4.98 Å². The fraction of sp³-hybridized carbons (Fsp3) is 0.250. The first-order chi connectivity index (χ1) is 8.13. The number of aromatic nitrogens is 1. The van der Waals surface area contributed by atoms with E-state index >= 15 is 0 Å². The van der Waals surface area contributed by atoms with Crippen LogP contribution in [0.25, 0.3) is 11.3 Å². The Balaban J connectivity index is 2.49. The van der Waals surface area contributed by atoms with Gasteiger partial charge in [0, 0.05) is 5.56 Å². The van der Waals surface area contributed by atoms with E-state index in [0.717, 1.165) is 17.8 Å². The predicted molar refractivity (Wildman–Crippen MR) is 70.9 cm³/mol. The van der Waals surface area contributed by atoms with Crippen molar-refractivity contribution in [3.05, 3.63) is 34.0 Å². The van der Waals surface area contributed by atoms with Crippen LogP contribution in [0, 0.1) is 5.82 Å². The summed E-state index contributed by atoms with van der Waals surface area (Å²) in [6, 6.07) is 4.84. The van der Waals surface area contributed by atoms with Crippen LogP contribution in [0.4, 0.5) is 9.39 Å². The molecule has 0 aliphatic rings. The van der Waals surface area contributed by atoms with Gasteiger partial charge in [0.25, 0.3) is 0 Å². The Bertz CT molecular complexity index is 539. The number of benzene rings is 1. The number of nitrogens with zero attached hydrogens (tertiary/aromatic N) is 1. The molecule has 0 amide bonds. The first kappa shape index (κ1) is 12.3. The molecule has 2 rings (SSSR count). The van der Waals surface area contributed by atoms with Crippen molar-refractivity contribution in [2.24, 2.45) is 0 Å². The van der Waals surface area contributed by atoms with E-state index in [0.29, 0.717) is 16.3 Å². The number of hydrogen-bond donors (Lipinski definition) is 1. The molecule has 0 atom stereocenters. The maximum Gasteiger partial charge on any atom is 0.151 e. The van der Waals surface area contributed by atoms with Crippen LogP contribution in [-0.2, 0) is 6.42 Å². The van der Waals surface area contributed by atoms with Crippen LogP contribution >= 0.6 is 22.9 Å². The minimum absolute atomic E-state index is 0.0898. The van der Waals surface area contributed by atoms with Crippen molar-refractivity contribution in [1.82, 2.24) is 4.98 Å². The number of thiazole rings is 1. The molecular weight excluding hydrogens is 259 g/mol. The molecule has 0 spiro atoms. The van der Waals surface area contributed by atoms with Gasteiger partial charge in [0.05, 0.1) is 10.0 Å². The fourth-order valence-corrected chi connectivity index (χ4v) is 2.70. The average molecular weight is 271 g/mol. The van der Waals surface area contributed by atoms with Crippen LogP contribution in [0.5, 0.6) is 0 Å². The first-order valence-corrected chi connectivity index (χ1v) is 6.52. The van der Waals surface area contributed by atoms with E-state index in [2.05, 4.69) is 11.9 Å². The van der Waals surface area contributed by atoms with Gasteiger partial charge in [-0.2, -0.15) is 0 Å². The molecule has 0 fully saturated rings. The Hall–Kier alpha value is -1.13. The van der Waals surface area contributed by atoms with E-state index in [4.69, 9.17) is 17.3 Å². The van der Waals surface area contributed by atoms with Crippen molar-refractivity contribution in [1.29, 1.82) is 0 Å². The smallest absolute Gasteiger partial charge is 0.151 e.